The third-order valence-corrected chi connectivity index (χ3v) is 7.79. The molecule has 1 aromatic heterocycles. The maximum Gasteiger partial charge on any atom is 0.305 e. The van der Waals surface area contributed by atoms with Crippen LogP contribution >= 0.6 is 0 Å². The summed E-state index contributed by atoms with van der Waals surface area (Å²) >= 11 is 0. The van der Waals surface area contributed by atoms with Crippen molar-refractivity contribution in [2.45, 2.75) is 64.2 Å². The number of nitrogens with zero attached hydrogens (tertiary/aromatic N) is 1. The molecule has 0 bridgehead atoms. The largest absolute Gasteiger partial charge is 0.493 e. The second-order valence-electron chi connectivity index (χ2n) is 11.3. The van der Waals surface area contributed by atoms with Crippen molar-refractivity contribution in [3.63, 3.8) is 0 Å². The van der Waals surface area contributed by atoms with Gasteiger partial charge in [-0.2, -0.15) is 0 Å². The molecule has 0 saturated heterocycles. The van der Waals surface area contributed by atoms with Gasteiger partial charge in [0.25, 0.3) is 0 Å². The van der Waals surface area contributed by atoms with Crippen molar-refractivity contribution in [1.82, 2.24) is 4.57 Å². The Morgan fingerprint density at radius 1 is 0.844 bits per heavy atom. The van der Waals surface area contributed by atoms with Gasteiger partial charge in [0, 0.05) is 34.8 Å². The van der Waals surface area contributed by atoms with Crippen LogP contribution in [0.5, 0.6) is 11.5 Å². The molecule has 2 atom stereocenters. The van der Waals surface area contributed by atoms with E-state index in [1.54, 1.807) is 24.3 Å². The molecule has 3 N–H and O–H groups in total. The van der Waals surface area contributed by atoms with Gasteiger partial charge in [0.15, 0.2) is 17.3 Å². The van der Waals surface area contributed by atoms with Gasteiger partial charge in [0.1, 0.15) is 5.82 Å². The standard InChI is InChI=1S/C36H40FNO7/c1-22(2)38-29(18-17-27(39)20-28(40)21-32(42)43)33(24-13-15-26(37)16-14-24)34(23-9-6-5-7-10-23)35(38)30(41)19-25-11-8-12-31(44-3)36(25)45-4/h5-16,22,27-28,39-40H,17-21H2,1-4H3,(H,42,43)/t27-,28-/m1/s1. The lowest BCUT2D eigenvalue weighted by molar-refractivity contribution is -0.139. The predicted molar refractivity (Wildman–Crippen MR) is 170 cm³/mol. The third kappa shape index (κ3) is 7.79. The highest BCUT2D eigenvalue weighted by Gasteiger charge is 2.31. The number of methoxy groups -OCH3 is 2. The zero-order chi connectivity index (χ0) is 32.7. The van der Waals surface area contributed by atoms with Gasteiger partial charge in [-0.1, -0.05) is 54.6 Å². The molecule has 3 aromatic carbocycles. The molecule has 0 aliphatic carbocycles. The molecule has 0 fully saturated rings. The number of hydrogen-bond donors (Lipinski definition) is 3. The highest BCUT2D eigenvalue weighted by atomic mass is 19.1. The lowest BCUT2D eigenvalue weighted by Crippen LogP contribution is -2.22. The summed E-state index contributed by atoms with van der Waals surface area (Å²) in [5, 5.41) is 30.0. The van der Waals surface area contributed by atoms with Crippen LogP contribution in [0.2, 0.25) is 0 Å². The number of carboxylic acid groups (broad SMARTS) is 1. The Morgan fingerprint density at radius 2 is 1.51 bits per heavy atom. The first-order chi connectivity index (χ1) is 21.5. The van der Waals surface area contributed by atoms with E-state index in [0.717, 1.165) is 16.8 Å². The lowest BCUT2D eigenvalue weighted by Gasteiger charge is -2.20. The van der Waals surface area contributed by atoms with Crippen LogP contribution in [-0.2, 0) is 17.6 Å². The molecule has 0 saturated carbocycles. The minimum Gasteiger partial charge on any atom is -0.493 e. The summed E-state index contributed by atoms with van der Waals surface area (Å²) in [6.45, 7) is 3.95. The molecule has 8 nitrogen and oxygen atoms in total. The summed E-state index contributed by atoms with van der Waals surface area (Å²) in [5.41, 5.74) is 4.84. The van der Waals surface area contributed by atoms with E-state index < -0.39 is 30.4 Å². The number of aliphatic hydroxyl groups excluding tert-OH is 2. The molecule has 1 heterocycles. The van der Waals surface area contributed by atoms with E-state index in [2.05, 4.69) is 0 Å². The van der Waals surface area contributed by atoms with E-state index in [9.17, 15) is 24.2 Å². The van der Waals surface area contributed by atoms with Crippen molar-refractivity contribution in [2.75, 3.05) is 14.2 Å². The van der Waals surface area contributed by atoms with E-state index in [1.807, 2.05) is 54.8 Å². The van der Waals surface area contributed by atoms with Crippen LogP contribution in [0.15, 0.2) is 72.8 Å². The molecule has 0 spiro atoms. The number of benzene rings is 3. The minimum absolute atomic E-state index is 0.0171. The zero-order valence-corrected chi connectivity index (χ0v) is 26.0. The lowest BCUT2D eigenvalue weighted by atomic mass is 9.91. The number of rotatable bonds is 15. The Labute approximate surface area is 262 Å². The van der Waals surface area contributed by atoms with Crippen molar-refractivity contribution in [3.05, 3.63) is 95.6 Å². The van der Waals surface area contributed by atoms with Gasteiger partial charge in [-0.05, 0) is 62.4 Å². The molecule has 4 rings (SSSR count). The number of carbonyl (C=O) groups excluding carboxylic acids is 1. The molecule has 0 unspecified atom stereocenters. The van der Waals surface area contributed by atoms with Crippen molar-refractivity contribution in [3.8, 4) is 33.8 Å². The SMILES string of the molecule is COc1cccc(CC(=O)c2c(-c3ccccc3)c(-c3ccc(F)cc3)c(CC[C@@H](O)C[C@@H](O)CC(=O)O)n2C(C)C)c1OC. The molecule has 0 aliphatic heterocycles. The second kappa shape index (κ2) is 15.0. The van der Waals surface area contributed by atoms with Gasteiger partial charge in [-0.15, -0.1) is 0 Å². The first-order valence-electron chi connectivity index (χ1n) is 14.9. The van der Waals surface area contributed by atoms with Crippen LogP contribution in [0.3, 0.4) is 0 Å². The van der Waals surface area contributed by atoms with Crippen LogP contribution in [0, 0.1) is 5.82 Å². The van der Waals surface area contributed by atoms with E-state index in [4.69, 9.17) is 14.6 Å². The Balaban J connectivity index is 1.92. The number of aromatic nitrogens is 1. The fourth-order valence-electron chi connectivity index (χ4n) is 5.91. The van der Waals surface area contributed by atoms with Gasteiger partial charge in [-0.25, -0.2) is 4.39 Å². The molecule has 45 heavy (non-hydrogen) atoms. The highest BCUT2D eigenvalue weighted by molar-refractivity contribution is 6.07. The predicted octanol–water partition coefficient (Wildman–Crippen LogP) is 6.50. The summed E-state index contributed by atoms with van der Waals surface area (Å²) < 4.78 is 27.2. The van der Waals surface area contributed by atoms with Crippen molar-refractivity contribution < 1.29 is 38.8 Å². The molecular formula is C36H40FNO7. The van der Waals surface area contributed by atoms with Crippen LogP contribution < -0.4 is 9.47 Å². The summed E-state index contributed by atoms with van der Waals surface area (Å²) in [6.07, 6.45) is -2.23. The Kier molecular flexibility index (Phi) is 11.1. The first kappa shape index (κ1) is 33.4. The molecule has 238 valence electrons. The number of aliphatic hydroxyl groups is 2. The fourth-order valence-corrected chi connectivity index (χ4v) is 5.91. The average Bonchev–Trinajstić information content (AvgIpc) is 3.35. The number of ether oxygens (including phenoxy) is 2. The molecule has 0 aliphatic rings. The van der Waals surface area contributed by atoms with Crippen LogP contribution in [0.1, 0.15) is 60.9 Å². The van der Waals surface area contributed by atoms with E-state index in [-0.39, 0.29) is 31.1 Å². The molecule has 0 radical (unpaired) electrons. The monoisotopic (exact) mass is 617 g/mol. The van der Waals surface area contributed by atoms with Crippen LogP contribution in [0.25, 0.3) is 22.3 Å². The number of para-hydroxylation sites is 1. The number of aliphatic carboxylic acids is 1. The average molecular weight is 618 g/mol. The maximum absolute atomic E-state index is 14.5. The topological polar surface area (TPSA) is 118 Å². The third-order valence-electron chi connectivity index (χ3n) is 7.79. The van der Waals surface area contributed by atoms with Gasteiger partial charge in [0.05, 0.1) is 38.5 Å². The normalized spacial score (nSPS) is 12.6. The minimum atomic E-state index is -1.19. The molecular weight excluding hydrogens is 577 g/mol. The number of carboxylic acids is 1. The summed E-state index contributed by atoms with van der Waals surface area (Å²) in [5.74, 6) is -0.725. The van der Waals surface area contributed by atoms with Crippen molar-refractivity contribution in [1.29, 1.82) is 0 Å². The van der Waals surface area contributed by atoms with Gasteiger partial charge in [0.2, 0.25) is 0 Å². The first-order valence-corrected chi connectivity index (χ1v) is 14.9. The smallest absolute Gasteiger partial charge is 0.305 e. The Bertz CT molecular complexity index is 1610. The zero-order valence-electron chi connectivity index (χ0n) is 26.0. The molecule has 9 heteroatoms. The summed E-state index contributed by atoms with van der Waals surface area (Å²) in [4.78, 5) is 25.6. The van der Waals surface area contributed by atoms with Gasteiger partial charge >= 0.3 is 5.97 Å². The molecule has 0 amide bonds. The number of ketones is 1. The van der Waals surface area contributed by atoms with Gasteiger partial charge in [-0.3, -0.25) is 9.59 Å². The van der Waals surface area contributed by atoms with E-state index in [1.165, 1.54) is 26.4 Å². The van der Waals surface area contributed by atoms with Crippen molar-refractivity contribution in [2.24, 2.45) is 0 Å². The number of Topliss-reactive ketones (excluding diaryl/α,β-unsaturated/α-hetero) is 1. The number of hydrogen-bond acceptors (Lipinski definition) is 6. The highest BCUT2D eigenvalue weighted by Crippen LogP contribution is 2.43. The quantitative estimate of drug-likeness (QED) is 0.130. The summed E-state index contributed by atoms with van der Waals surface area (Å²) in [7, 11) is 3.07. The second-order valence-corrected chi connectivity index (χ2v) is 11.3. The fraction of sp³-hybridized carbons (Fsp3) is 0.333. The van der Waals surface area contributed by atoms with Crippen LogP contribution in [-0.4, -0.2) is 58.1 Å². The molecule has 4 aromatic rings. The number of carbonyl (C=O) groups is 2. The number of halogens is 1. The summed E-state index contributed by atoms with van der Waals surface area (Å²) in [6, 6.07) is 20.8. The van der Waals surface area contributed by atoms with Crippen molar-refractivity contribution >= 4 is 11.8 Å². The van der Waals surface area contributed by atoms with E-state index >= 15 is 0 Å². The Hall–Kier alpha value is -4.47. The van der Waals surface area contributed by atoms with Crippen LogP contribution in [0.4, 0.5) is 4.39 Å². The Morgan fingerprint density at radius 3 is 2.11 bits per heavy atom. The maximum atomic E-state index is 14.5. The van der Waals surface area contributed by atoms with Gasteiger partial charge < -0.3 is 29.4 Å². The van der Waals surface area contributed by atoms with E-state index in [0.29, 0.717) is 40.3 Å².